The van der Waals surface area contributed by atoms with E-state index in [1.54, 1.807) is 0 Å². The number of rotatable bonds is 3. The first kappa shape index (κ1) is 12.5. The Morgan fingerprint density at radius 1 is 1.29 bits per heavy atom. The summed E-state index contributed by atoms with van der Waals surface area (Å²) in [6, 6.07) is 3.42. The summed E-state index contributed by atoms with van der Waals surface area (Å²) in [7, 11) is 0. The van der Waals surface area contributed by atoms with E-state index < -0.39 is 11.6 Å². The molecule has 1 saturated carbocycles. The highest BCUT2D eigenvalue weighted by atomic mass is 19.1. The molecule has 1 aromatic carbocycles. The van der Waals surface area contributed by atoms with Crippen molar-refractivity contribution in [1.29, 1.82) is 0 Å². The number of halogens is 2. The molecule has 1 aliphatic carbocycles. The fourth-order valence-corrected chi connectivity index (χ4v) is 2.87. The highest BCUT2D eigenvalue weighted by Crippen LogP contribution is 2.47. The van der Waals surface area contributed by atoms with Crippen molar-refractivity contribution in [3.05, 3.63) is 35.4 Å². The van der Waals surface area contributed by atoms with E-state index in [4.69, 9.17) is 5.84 Å². The molecule has 3 N–H and O–H groups in total. The van der Waals surface area contributed by atoms with Gasteiger partial charge in [0.2, 0.25) is 0 Å². The molecular formula is C13H18F2N2. The van der Waals surface area contributed by atoms with Gasteiger partial charge in [0, 0.05) is 11.6 Å². The number of nitrogens with two attached hydrogens (primary N) is 1. The smallest absolute Gasteiger partial charge is 0.130 e. The molecule has 1 atom stereocenters. The van der Waals surface area contributed by atoms with Gasteiger partial charge in [-0.05, 0) is 24.3 Å². The molecule has 0 saturated heterocycles. The highest BCUT2D eigenvalue weighted by molar-refractivity contribution is 5.24. The maximum Gasteiger partial charge on any atom is 0.130 e. The summed E-state index contributed by atoms with van der Waals surface area (Å²) < 4.78 is 26.7. The number of nitrogens with one attached hydrogen (secondary N) is 1. The van der Waals surface area contributed by atoms with Crippen LogP contribution in [0.15, 0.2) is 18.2 Å². The minimum absolute atomic E-state index is 0.0482. The summed E-state index contributed by atoms with van der Waals surface area (Å²) in [6.45, 7) is 2.10. The summed E-state index contributed by atoms with van der Waals surface area (Å²) >= 11 is 0. The number of benzene rings is 1. The zero-order valence-corrected chi connectivity index (χ0v) is 9.97. The average molecular weight is 240 g/mol. The molecule has 94 valence electrons. The Kier molecular flexibility index (Phi) is 3.45. The van der Waals surface area contributed by atoms with Crippen molar-refractivity contribution < 1.29 is 8.78 Å². The third kappa shape index (κ3) is 2.33. The second-order valence-electron chi connectivity index (χ2n) is 5.13. The molecule has 2 nitrogen and oxygen atoms in total. The number of hydrogen-bond acceptors (Lipinski definition) is 2. The predicted molar refractivity (Wildman–Crippen MR) is 63.0 cm³/mol. The van der Waals surface area contributed by atoms with Crippen LogP contribution in [0.1, 0.15) is 44.2 Å². The SMILES string of the molecule is CC1(C(NN)c2ccc(F)cc2F)CCCC1. The van der Waals surface area contributed by atoms with Crippen molar-refractivity contribution in [2.75, 3.05) is 0 Å². The Hall–Kier alpha value is -1.00. The molecule has 4 heteroatoms. The van der Waals surface area contributed by atoms with E-state index in [1.807, 2.05) is 0 Å². The lowest BCUT2D eigenvalue weighted by molar-refractivity contribution is 0.220. The normalized spacial score (nSPS) is 20.5. The summed E-state index contributed by atoms with van der Waals surface area (Å²) in [4.78, 5) is 0. The van der Waals surface area contributed by atoms with Gasteiger partial charge >= 0.3 is 0 Å². The molecule has 1 unspecified atom stereocenters. The highest BCUT2D eigenvalue weighted by Gasteiger charge is 2.38. The second-order valence-corrected chi connectivity index (χ2v) is 5.13. The van der Waals surface area contributed by atoms with E-state index in [9.17, 15) is 8.78 Å². The van der Waals surface area contributed by atoms with E-state index in [0.29, 0.717) is 5.56 Å². The number of hydrogen-bond donors (Lipinski definition) is 2. The largest absolute Gasteiger partial charge is 0.271 e. The Balaban J connectivity index is 2.34. The van der Waals surface area contributed by atoms with Crippen LogP contribution < -0.4 is 11.3 Å². The minimum atomic E-state index is -0.557. The Labute approximate surface area is 100 Å². The van der Waals surface area contributed by atoms with Gasteiger partial charge in [-0.2, -0.15) is 0 Å². The third-order valence-electron chi connectivity index (χ3n) is 3.88. The van der Waals surface area contributed by atoms with Crippen LogP contribution in [0.4, 0.5) is 8.78 Å². The zero-order valence-electron chi connectivity index (χ0n) is 9.97. The molecule has 1 aromatic rings. The van der Waals surface area contributed by atoms with Crippen LogP contribution in [-0.4, -0.2) is 0 Å². The van der Waals surface area contributed by atoms with Gasteiger partial charge in [-0.25, -0.2) is 8.78 Å². The van der Waals surface area contributed by atoms with Crippen molar-refractivity contribution >= 4 is 0 Å². The lowest BCUT2D eigenvalue weighted by Crippen LogP contribution is -2.39. The molecule has 0 bridgehead atoms. The molecular weight excluding hydrogens is 222 g/mol. The van der Waals surface area contributed by atoms with Crippen molar-refractivity contribution in [3.8, 4) is 0 Å². The molecule has 0 aromatic heterocycles. The topological polar surface area (TPSA) is 38.0 Å². The van der Waals surface area contributed by atoms with Crippen molar-refractivity contribution in [1.82, 2.24) is 5.43 Å². The van der Waals surface area contributed by atoms with Gasteiger partial charge in [-0.15, -0.1) is 0 Å². The molecule has 0 aliphatic heterocycles. The van der Waals surface area contributed by atoms with Crippen LogP contribution in [-0.2, 0) is 0 Å². The van der Waals surface area contributed by atoms with Crippen LogP contribution >= 0.6 is 0 Å². The first-order valence-corrected chi connectivity index (χ1v) is 5.98. The van der Waals surface area contributed by atoms with Gasteiger partial charge in [-0.3, -0.25) is 11.3 Å². The maximum atomic E-state index is 13.8. The van der Waals surface area contributed by atoms with Crippen molar-refractivity contribution in [2.24, 2.45) is 11.3 Å². The standard InChI is InChI=1S/C13H18F2N2/c1-13(6-2-3-7-13)12(17-16)10-5-4-9(14)8-11(10)15/h4-5,8,12,17H,2-3,6-7,16H2,1H3. The van der Waals surface area contributed by atoms with Gasteiger partial charge in [0.15, 0.2) is 0 Å². The summed E-state index contributed by atoms with van der Waals surface area (Å²) in [6.07, 6.45) is 4.30. The second kappa shape index (κ2) is 4.70. The van der Waals surface area contributed by atoms with E-state index >= 15 is 0 Å². The van der Waals surface area contributed by atoms with E-state index in [2.05, 4.69) is 12.3 Å². The Bertz CT molecular complexity index is 400. The predicted octanol–water partition coefficient (Wildman–Crippen LogP) is 3.05. The van der Waals surface area contributed by atoms with Gasteiger partial charge in [-0.1, -0.05) is 25.8 Å². The van der Waals surface area contributed by atoms with E-state index in [0.717, 1.165) is 31.7 Å². The average Bonchev–Trinajstić information content (AvgIpc) is 2.70. The fraction of sp³-hybridized carbons (Fsp3) is 0.538. The van der Waals surface area contributed by atoms with Crippen LogP contribution in [0.25, 0.3) is 0 Å². The van der Waals surface area contributed by atoms with E-state index in [1.165, 1.54) is 12.1 Å². The zero-order chi connectivity index (χ0) is 12.5. The number of hydrazine groups is 1. The van der Waals surface area contributed by atoms with Gasteiger partial charge in [0.05, 0.1) is 6.04 Å². The Morgan fingerprint density at radius 3 is 2.47 bits per heavy atom. The fourth-order valence-electron chi connectivity index (χ4n) is 2.87. The van der Waals surface area contributed by atoms with E-state index in [-0.39, 0.29) is 11.5 Å². The molecule has 0 amide bonds. The molecule has 0 heterocycles. The van der Waals surface area contributed by atoms with Crippen molar-refractivity contribution in [3.63, 3.8) is 0 Å². The molecule has 0 radical (unpaired) electrons. The van der Waals surface area contributed by atoms with Crippen LogP contribution in [0.5, 0.6) is 0 Å². The molecule has 1 fully saturated rings. The molecule has 17 heavy (non-hydrogen) atoms. The van der Waals surface area contributed by atoms with Crippen LogP contribution in [0.3, 0.4) is 0 Å². The summed E-state index contributed by atoms with van der Waals surface area (Å²) in [5.41, 5.74) is 3.11. The summed E-state index contributed by atoms with van der Waals surface area (Å²) in [5, 5.41) is 0. The van der Waals surface area contributed by atoms with Crippen LogP contribution in [0.2, 0.25) is 0 Å². The van der Waals surface area contributed by atoms with Crippen molar-refractivity contribution in [2.45, 2.75) is 38.6 Å². The van der Waals surface area contributed by atoms with Gasteiger partial charge in [0.25, 0.3) is 0 Å². The lowest BCUT2D eigenvalue weighted by Gasteiger charge is -2.34. The maximum absolute atomic E-state index is 13.8. The summed E-state index contributed by atoms with van der Waals surface area (Å²) in [5.74, 6) is 4.48. The quantitative estimate of drug-likeness (QED) is 0.629. The van der Waals surface area contributed by atoms with Crippen LogP contribution in [0, 0.1) is 17.0 Å². The molecule has 2 rings (SSSR count). The van der Waals surface area contributed by atoms with Gasteiger partial charge < -0.3 is 0 Å². The first-order chi connectivity index (χ1) is 8.07. The minimum Gasteiger partial charge on any atom is -0.271 e. The monoisotopic (exact) mass is 240 g/mol. The first-order valence-electron chi connectivity index (χ1n) is 5.98. The third-order valence-corrected chi connectivity index (χ3v) is 3.88. The molecule has 1 aliphatic rings. The lowest BCUT2D eigenvalue weighted by atomic mass is 9.77. The molecule has 0 spiro atoms. The Morgan fingerprint density at radius 2 is 1.94 bits per heavy atom. The van der Waals surface area contributed by atoms with Gasteiger partial charge in [0.1, 0.15) is 11.6 Å².